The smallest absolute Gasteiger partial charge is 0.268 e. The van der Waals surface area contributed by atoms with Crippen LogP contribution in [0.1, 0.15) is 149 Å². The Kier molecular flexibility index (Phi) is 31.4. The molecule has 2 N–H and O–H groups in total. The summed E-state index contributed by atoms with van der Waals surface area (Å²) < 4.78 is 23.0. The number of carbonyl (C=O) groups is 1. The first kappa shape index (κ1) is 47.5. The number of carbonyl (C=O) groups excluding carboxylic acids is 1. The fraction of sp³-hybridized carbons (Fsp3) is 0.775. The Labute approximate surface area is 301 Å². The van der Waals surface area contributed by atoms with E-state index < -0.39 is 20.0 Å². The largest absolute Gasteiger partial charge is 0.756 e. The van der Waals surface area contributed by atoms with Crippen LogP contribution in [0, 0.1) is 0 Å². The minimum absolute atomic E-state index is 0.00759. The van der Waals surface area contributed by atoms with Crippen molar-refractivity contribution in [2.45, 2.75) is 161 Å². The van der Waals surface area contributed by atoms with Gasteiger partial charge in [0, 0.05) is 6.42 Å². The first-order chi connectivity index (χ1) is 23.5. The standard InChI is InChI=1S/C40H75N2O6P/c1-6-8-10-12-14-15-16-17-18-19-20-21-22-23-24-25-26-27-28-30-32-34-40(44)41-38(39(43)33-31-29-13-11-9-7-2)37-48-49(45,46)47-36-35-42(3,4)5/h8,10,14-15,17-18,20-21,38-39,43H,6-7,9,11-13,16,19,22-37H2,1-5H3,(H-,41,44,45,46)/b10-8-,15-14-,18-17-,21-20-. The van der Waals surface area contributed by atoms with Gasteiger partial charge in [-0.25, -0.2) is 0 Å². The van der Waals surface area contributed by atoms with Crippen LogP contribution in [-0.4, -0.2) is 68.5 Å². The van der Waals surface area contributed by atoms with Crippen molar-refractivity contribution in [2.75, 3.05) is 40.9 Å². The molecule has 3 atom stereocenters. The molecule has 0 bridgehead atoms. The number of aliphatic hydroxyl groups is 1. The first-order valence-corrected chi connectivity index (χ1v) is 20.9. The number of likely N-dealkylation sites (N-methyl/N-ethyl adjacent to an activating group) is 1. The number of amides is 1. The predicted molar refractivity (Wildman–Crippen MR) is 205 cm³/mol. The van der Waals surface area contributed by atoms with Crippen LogP contribution in [0.3, 0.4) is 0 Å². The fourth-order valence-corrected chi connectivity index (χ4v) is 5.93. The van der Waals surface area contributed by atoms with Gasteiger partial charge in [0.25, 0.3) is 7.82 Å². The molecule has 0 fully saturated rings. The molecule has 0 aliphatic heterocycles. The van der Waals surface area contributed by atoms with Crippen LogP contribution in [0.15, 0.2) is 48.6 Å². The molecule has 0 aliphatic rings. The van der Waals surface area contributed by atoms with Crippen LogP contribution in [-0.2, 0) is 18.4 Å². The summed E-state index contributed by atoms with van der Waals surface area (Å²) in [5.74, 6) is -0.182. The van der Waals surface area contributed by atoms with Gasteiger partial charge in [-0.15, -0.1) is 0 Å². The number of phosphoric ester groups is 1. The van der Waals surface area contributed by atoms with E-state index in [2.05, 4.69) is 67.8 Å². The van der Waals surface area contributed by atoms with E-state index in [1.54, 1.807) is 0 Å². The quantitative estimate of drug-likeness (QED) is 0.0298. The average molecular weight is 711 g/mol. The molecule has 1 amide bonds. The highest BCUT2D eigenvalue weighted by atomic mass is 31.2. The Morgan fingerprint density at radius 2 is 1.24 bits per heavy atom. The molecular formula is C40H75N2O6P. The minimum Gasteiger partial charge on any atom is -0.756 e. The third-order valence-corrected chi connectivity index (χ3v) is 9.30. The van der Waals surface area contributed by atoms with Gasteiger partial charge in [-0.2, -0.15) is 0 Å². The summed E-state index contributed by atoms with van der Waals surface area (Å²) in [6.07, 6.45) is 38.5. The molecule has 0 aliphatic carbocycles. The second-order valence-electron chi connectivity index (χ2n) is 14.3. The molecular weight excluding hydrogens is 635 g/mol. The van der Waals surface area contributed by atoms with E-state index in [1.165, 1.54) is 51.4 Å². The summed E-state index contributed by atoms with van der Waals surface area (Å²) >= 11 is 0. The maximum atomic E-state index is 12.7. The summed E-state index contributed by atoms with van der Waals surface area (Å²) in [7, 11) is 1.28. The summed E-state index contributed by atoms with van der Waals surface area (Å²) in [6.45, 7) is 4.50. The monoisotopic (exact) mass is 711 g/mol. The fourth-order valence-electron chi connectivity index (χ4n) is 5.20. The van der Waals surface area contributed by atoms with E-state index >= 15 is 0 Å². The van der Waals surface area contributed by atoms with Crippen molar-refractivity contribution in [3.63, 3.8) is 0 Å². The number of nitrogens with zero attached hydrogens (tertiary/aromatic N) is 1. The highest BCUT2D eigenvalue weighted by Crippen LogP contribution is 2.38. The van der Waals surface area contributed by atoms with Crippen molar-refractivity contribution in [1.29, 1.82) is 0 Å². The summed E-state index contributed by atoms with van der Waals surface area (Å²) in [6, 6.07) is -0.802. The molecule has 0 aromatic heterocycles. The molecule has 0 aromatic rings. The topological polar surface area (TPSA) is 108 Å². The van der Waals surface area contributed by atoms with Crippen molar-refractivity contribution in [2.24, 2.45) is 0 Å². The van der Waals surface area contributed by atoms with Crippen molar-refractivity contribution in [3.8, 4) is 0 Å². The van der Waals surface area contributed by atoms with Crippen LogP contribution >= 0.6 is 7.82 Å². The van der Waals surface area contributed by atoms with Crippen LogP contribution in [0.25, 0.3) is 0 Å². The zero-order chi connectivity index (χ0) is 36.5. The number of phosphoric acid groups is 1. The number of hydrogen-bond donors (Lipinski definition) is 2. The highest BCUT2D eigenvalue weighted by molar-refractivity contribution is 7.45. The Morgan fingerprint density at radius 1 is 0.735 bits per heavy atom. The highest BCUT2D eigenvalue weighted by Gasteiger charge is 2.24. The molecule has 8 nitrogen and oxygen atoms in total. The van der Waals surface area contributed by atoms with E-state index in [0.717, 1.165) is 70.6 Å². The lowest BCUT2D eigenvalue weighted by Gasteiger charge is -2.30. The molecule has 49 heavy (non-hydrogen) atoms. The maximum Gasteiger partial charge on any atom is 0.268 e. The van der Waals surface area contributed by atoms with Gasteiger partial charge in [-0.05, 0) is 51.4 Å². The van der Waals surface area contributed by atoms with Gasteiger partial charge >= 0.3 is 0 Å². The van der Waals surface area contributed by atoms with Crippen LogP contribution in [0.4, 0.5) is 0 Å². The van der Waals surface area contributed by atoms with Gasteiger partial charge in [0.2, 0.25) is 5.91 Å². The lowest BCUT2D eigenvalue weighted by molar-refractivity contribution is -0.870. The van der Waals surface area contributed by atoms with E-state index in [-0.39, 0.29) is 19.1 Å². The lowest BCUT2D eigenvalue weighted by Crippen LogP contribution is -2.46. The zero-order valence-corrected chi connectivity index (χ0v) is 33.0. The van der Waals surface area contributed by atoms with E-state index in [4.69, 9.17) is 9.05 Å². The third-order valence-electron chi connectivity index (χ3n) is 8.33. The molecule has 0 saturated heterocycles. The Bertz CT molecular complexity index is 944. The van der Waals surface area contributed by atoms with Gasteiger partial charge in [-0.3, -0.25) is 9.36 Å². The summed E-state index contributed by atoms with van der Waals surface area (Å²) in [4.78, 5) is 25.1. The third kappa shape index (κ3) is 34.7. The molecule has 286 valence electrons. The van der Waals surface area contributed by atoms with Gasteiger partial charge in [0.05, 0.1) is 39.9 Å². The van der Waals surface area contributed by atoms with E-state index in [0.29, 0.717) is 23.9 Å². The van der Waals surface area contributed by atoms with Crippen molar-refractivity contribution in [1.82, 2.24) is 5.32 Å². The maximum absolute atomic E-state index is 12.7. The second kappa shape index (κ2) is 32.4. The van der Waals surface area contributed by atoms with Crippen LogP contribution in [0.5, 0.6) is 0 Å². The average Bonchev–Trinajstić information content (AvgIpc) is 3.04. The molecule has 0 heterocycles. The Balaban J connectivity index is 4.23. The van der Waals surface area contributed by atoms with Crippen molar-refractivity contribution >= 4 is 13.7 Å². The van der Waals surface area contributed by atoms with Crippen LogP contribution in [0.2, 0.25) is 0 Å². The predicted octanol–water partition coefficient (Wildman–Crippen LogP) is 9.50. The summed E-state index contributed by atoms with van der Waals surface area (Å²) in [5, 5.41) is 13.7. The zero-order valence-electron chi connectivity index (χ0n) is 32.1. The molecule has 0 spiro atoms. The number of hydrogen-bond acceptors (Lipinski definition) is 6. The summed E-state index contributed by atoms with van der Waals surface area (Å²) in [5.41, 5.74) is 0. The van der Waals surface area contributed by atoms with E-state index in [9.17, 15) is 19.4 Å². The first-order valence-electron chi connectivity index (χ1n) is 19.5. The Morgan fingerprint density at radius 3 is 1.82 bits per heavy atom. The van der Waals surface area contributed by atoms with Gasteiger partial charge in [-0.1, -0.05) is 140 Å². The number of allylic oxidation sites excluding steroid dienone is 8. The second-order valence-corrected chi connectivity index (χ2v) is 15.7. The van der Waals surface area contributed by atoms with E-state index in [1.807, 2.05) is 21.1 Å². The number of quaternary nitrogens is 1. The minimum atomic E-state index is -4.55. The lowest BCUT2D eigenvalue weighted by atomic mass is 10.0. The molecule has 0 aromatic carbocycles. The van der Waals surface area contributed by atoms with Crippen molar-refractivity contribution < 1.29 is 32.9 Å². The molecule has 0 radical (unpaired) electrons. The number of rotatable bonds is 34. The number of aliphatic hydroxyl groups excluding tert-OH is 1. The van der Waals surface area contributed by atoms with Crippen LogP contribution < -0.4 is 10.2 Å². The van der Waals surface area contributed by atoms with Gasteiger partial charge in [0.15, 0.2) is 0 Å². The molecule has 3 unspecified atom stereocenters. The number of nitrogens with one attached hydrogen (secondary N) is 1. The molecule has 9 heteroatoms. The SMILES string of the molecule is CC/C=C\C/C=C\C/C=C\C/C=C\CCCCCCCCCCC(=O)NC(COP(=O)([O-])OCC[N+](C)(C)C)C(O)CCCCCCCC. The van der Waals surface area contributed by atoms with Gasteiger partial charge < -0.3 is 28.8 Å². The Hall–Kier alpha value is -1.54. The van der Waals surface area contributed by atoms with Crippen molar-refractivity contribution in [3.05, 3.63) is 48.6 Å². The number of unbranched alkanes of at least 4 members (excludes halogenated alkanes) is 13. The molecule has 0 rings (SSSR count). The van der Waals surface area contributed by atoms with Gasteiger partial charge in [0.1, 0.15) is 13.2 Å². The molecule has 0 saturated carbocycles. The normalized spacial score (nSPS) is 15.2.